The number of primary amides is 1. The summed E-state index contributed by atoms with van der Waals surface area (Å²) < 4.78 is 15.3. The Labute approximate surface area is 149 Å². The van der Waals surface area contributed by atoms with E-state index in [1.165, 1.54) is 16.9 Å². The normalized spacial score (nSPS) is 17.2. The third-order valence-electron chi connectivity index (χ3n) is 4.83. The zero-order chi connectivity index (χ0) is 18.3. The zero-order valence-corrected chi connectivity index (χ0v) is 14.4. The third-order valence-corrected chi connectivity index (χ3v) is 4.83. The maximum Gasteiger partial charge on any atom is 0.254 e. The predicted octanol–water partition coefficient (Wildman–Crippen LogP) is 2.27. The number of aryl methyl sites for hydroxylation is 1. The van der Waals surface area contributed by atoms with E-state index in [-0.39, 0.29) is 17.4 Å². The number of nitrogens with zero attached hydrogens (tertiary/aromatic N) is 5. The second-order valence-electron chi connectivity index (χ2n) is 6.37. The van der Waals surface area contributed by atoms with Crippen molar-refractivity contribution in [2.75, 3.05) is 11.4 Å². The zero-order valence-electron chi connectivity index (χ0n) is 14.4. The summed E-state index contributed by atoms with van der Waals surface area (Å²) in [6.07, 6.45) is 7.04. The van der Waals surface area contributed by atoms with Gasteiger partial charge in [0.15, 0.2) is 5.65 Å². The number of carbonyl (C=O) groups is 1. The molecule has 4 heterocycles. The van der Waals surface area contributed by atoms with Gasteiger partial charge >= 0.3 is 0 Å². The van der Waals surface area contributed by atoms with Gasteiger partial charge in [0.1, 0.15) is 17.2 Å². The highest BCUT2D eigenvalue weighted by molar-refractivity contribution is 5.98. The first-order valence-electron chi connectivity index (χ1n) is 8.63. The number of nitrogens with two attached hydrogens (primary N) is 1. The molecule has 1 amide bonds. The van der Waals surface area contributed by atoms with Crippen LogP contribution in [0.4, 0.5) is 10.2 Å². The fourth-order valence-corrected chi connectivity index (χ4v) is 3.62. The molecule has 2 N–H and O–H groups in total. The van der Waals surface area contributed by atoms with Crippen LogP contribution in [0.3, 0.4) is 0 Å². The Balaban J connectivity index is 1.77. The molecule has 26 heavy (non-hydrogen) atoms. The molecule has 0 spiro atoms. The summed E-state index contributed by atoms with van der Waals surface area (Å²) in [5, 5.41) is 4.10. The van der Waals surface area contributed by atoms with Crippen molar-refractivity contribution in [1.29, 1.82) is 0 Å². The lowest BCUT2D eigenvalue weighted by Crippen LogP contribution is -2.25. The topological polar surface area (TPSA) is 89.4 Å². The minimum Gasteiger partial charge on any atom is -0.365 e. The molecule has 1 aliphatic heterocycles. The summed E-state index contributed by atoms with van der Waals surface area (Å²) in [7, 11) is 0. The first-order valence-corrected chi connectivity index (χ1v) is 8.63. The van der Waals surface area contributed by atoms with Crippen LogP contribution in [0.5, 0.6) is 0 Å². The van der Waals surface area contributed by atoms with Gasteiger partial charge in [-0.3, -0.25) is 9.78 Å². The molecule has 8 heteroatoms. The smallest absolute Gasteiger partial charge is 0.254 e. The molecule has 0 bridgehead atoms. The Morgan fingerprint density at radius 3 is 3.04 bits per heavy atom. The summed E-state index contributed by atoms with van der Waals surface area (Å²) in [4.78, 5) is 22.6. The number of hydrogen-bond acceptors (Lipinski definition) is 5. The number of aromatic nitrogens is 4. The van der Waals surface area contributed by atoms with Gasteiger partial charge in [-0.05, 0) is 37.0 Å². The molecule has 134 valence electrons. The van der Waals surface area contributed by atoms with Crippen LogP contribution in [0, 0.1) is 5.82 Å². The molecular weight excluding hydrogens is 335 g/mol. The number of fused-ring (bicyclic) bond motifs is 1. The highest BCUT2D eigenvalue weighted by Crippen LogP contribution is 2.36. The monoisotopic (exact) mass is 354 g/mol. The molecule has 3 aromatic rings. The lowest BCUT2D eigenvalue weighted by Gasteiger charge is -2.27. The summed E-state index contributed by atoms with van der Waals surface area (Å²) in [5.41, 5.74) is 7.90. The second-order valence-corrected chi connectivity index (χ2v) is 6.37. The minimum absolute atomic E-state index is 0.00282. The largest absolute Gasteiger partial charge is 0.365 e. The van der Waals surface area contributed by atoms with Gasteiger partial charge in [-0.1, -0.05) is 6.92 Å². The van der Waals surface area contributed by atoms with Gasteiger partial charge in [-0.15, -0.1) is 0 Å². The maximum atomic E-state index is 13.8. The van der Waals surface area contributed by atoms with Crippen molar-refractivity contribution in [2.24, 2.45) is 5.73 Å². The van der Waals surface area contributed by atoms with Crippen LogP contribution in [-0.2, 0) is 6.42 Å². The molecule has 1 fully saturated rings. The Kier molecular flexibility index (Phi) is 4.02. The SMILES string of the molecule is CCc1ncc(F)cc1[C@H]1CCCN1c1ccn2ncc(C(N)=O)c2n1. The Hall–Kier alpha value is -3.03. The number of pyridine rings is 1. The van der Waals surface area contributed by atoms with E-state index in [0.29, 0.717) is 11.5 Å². The number of hydrogen-bond donors (Lipinski definition) is 1. The van der Waals surface area contributed by atoms with Crippen LogP contribution in [0.1, 0.15) is 47.4 Å². The van der Waals surface area contributed by atoms with Gasteiger partial charge in [-0.25, -0.2) is 13.9 Å². The molecule has 1 saturated heterocycles. The molecule has 0 aromatic carbocycles. The molecule has 4 rings (SSSR count). The van der Waals surface area contributed by atoms with E-state index in [0.717, 1.165) is 37.1 Å². The summed E-state index contributed by atoms with van der Waals surface area (Å²) in [6, 6.07) is 3.42. The van der Waals surface area contributed by atoms with Crippen molar-refractivity contribution in [1.82, 2.24) is 19.6 Å². The molecule has 1 aliphatic rings. The second kappa shape index (κ2) is 6.36. The Morgan fingerprint density at radius 2 is 2.27 bits per heavy atom. The fourth-order valence-electron chi connectivity index (χ4n) is 3.62. The van der Waals surface area contributed by atoms with Crippen molar-refractivity contribution in [3.05, 3.63) is 53.4 Å². The van der Waals surface area contributed by atoms with Crippen LogP contribution < -0.4 is 10.6 Å². The van der Waals surface area contributed by atoms with E-state index in [4.69, 9.17) is 5.73 Å². The Bertz CT molecular complexity index is 985. The molecular formula is C18H19FN6O. The first kappa shape index (κ1) is 16.4. The quantitative estimate of drug-likeness (QED) is 0.776. The van der Waals surface area contributed by atoms with E-state index >= 15 is 0 Å². The maximum absolute atomic E-state index is 13.8. The van der Waals surface area contributed by atoms with Crippen molar-refractivity contribution in [3.8, 4) is 0 Å². The van der Waals surface area contributed by atoms with Gasteiger partial charge in [0, 0.05) is 18.4 Å². The Morgan fingerprint density at radius 1 is 1.42 bits per heavy atom. The fraction of sp³-hybridized carbons (Fsp3) is 0.333. The molecule has 0 radical (unpaired) electrons. The van der Waals surface area contributed by atoms with Gasteiger partial charge in [0.05, 0.1) is 18.4 Å². The number of rotatable bonds is 4. The number of amides is 1. The number of halogens is 1. The molecule has 0 aliphatic carbocycles. The average Bonchev–Trinajstić information content (AvgIpc) is 3.28. The lowest BCUT2D eigenvalue weighted by molar-refractivity contribution is 0.100. The summed E-state index contributed by atoms with van der Waals surface area (Å²) in [6.45, 7) is 2.81. The predicted molar refractivity (Wildman–Crippen MR) is 94.4 cm³/mol. The van der Waals surface area contributed by atoms with Gasteiger partial charge in [-0.2, -0.15) is 5.10 Å². The van der Waals surface area contributed by atoms with Crippen LogP contribution >= 0.6 is 0 Å². The van der Waals surface area contributed by atoms with Crippen LogP contribution in [-0.4, -0.2) is 32.0 Å². The molecule has 0 unspecified atom stereocenters. The highest BCUT2D eigenvalue weighted by atomic mass is 19.1. The summed E-state index contributed by atoms with van der Waals surface area (Å²) in [5.74, 6) is -0.182. The average molecular weight is 354 g/mol. The van der Waals surface area contributed by atoms with E-state index in [1.54, 1.807) is 12.3 Å². The van der Waals surface area contributed by atoms with Crippen LogP contribution in [0.25, 0.3) is 5.65 Å². The molecule has 1 atom stereocenters. The van der Waals surface area contributed by atoms with Crippen molar-refractivity contribution < 1.29 is 9.18 Å². The van der Waals surface area contributed by atoms with Gasteiger partial charge in [0.2, 0.25) is 0 Å². The lowest BCUT2D eigenvalue weighted by atomic mass is 10.0. The van der Waals surface area contributed by atoms with Gasteiger partial charge in [0.25, 0.3) is 5.91 Å². The highest BCUT2D eigenvalue weighted by Gasteiger charge is 2.30. The van der Waals surface area contributed by atoms with Gasteiger partial charge < -0.3 is 10.6 Å². The van der Waals surface area contributed by atoms with Crippen molar-refractivity contribution in [2.45, 2.75) is 32.2 Å². The number of anilines is 1. The first-order chi connectivity index (χ1) is 12.6. The van der Waals surface area contributed by atoms with Crippen LogP contribution in [0.15, 0.2) is 30.7 Å². The standard InChI is InChI=1S/C18H19FN6O/c1-2-14-12(8-11(19)9-21-14)15-4-3-6-24(15)16-5-7-25-18(23-16)13(10-22-25)17(20)26/h5,7-10,15H,2-4,6H2,1H3,(H2,20,26)/t15-/m1/s1. The molecule has 3 aromatic heterocycles. The molecule has 0 saturated carbocycles. The third kappa shape index (κ3) is 2.67. The van der Waals surface area contributed by atoms with E-state index in [2.05, 4.69) is 20.0 Å². The summed E-state index contributed by atoms with van der Waals surface area (Å²) >= 11 is 0. The number of carbonyl (C=O) groups excluding carboxylic acids is 1. The van der Waals surface area contributed by atoms with Crippen molar-refractivity contribution in [3.63, 3.8) is 0 Å². The van der Waals surface area contributed by atoms with Crippen LogP contribution in [0.2, 0.25) is 0 Å². The van der Waals surface area contributed by atoms with Crippen molar-refractivity contribution >= 4 is 17.4 Å². The van der Waals surface area contributed by atoms with E-state index in [9.17, 15) is 9.18 Å². The van der Waals surface area contributed by atoms with E-state index < -0.39 is 5.91 Å². The van der Waals surface area contributed by atoms with E-state index in [1.807, 2.05) is 13.0 Å². The molecule has 7 nitrogen and oxygen atoms in total. The minimum atomic E-state index is -0.565.